The lowest BCUT2D eigenvalue weighted by Gasteiger charge is -2.36. The fourth-order valence-corrected chi connectivity index (χ4v) is 7.42. The number of nitrogens with zero attached hydrogens (tertiary/aromatic N) is 1. The molecule has 0 radical (unpaired) electrons. The van der Waals surface area contributed by atoms with Crippen LogP contribution in [-0.2, 0) is 16.2 Å². The Labute approximate surface area is 268 Å². The third-order valence-electron chi connectivity index (χ3n) is 10.1. The van der Waals surface area contributed by atoms with Gasteiger partial charge in [0, 0.05) is 22.0 Å². The van der Waals surface area contributed by atoms with Gasteiger partial charge in [-0.25, -0.2) is 0 Å². The second kappa shape index (κ2) is 9.16. The summed E-state index contributed by atoms with van der Waals surface area (Å²) in [5.74, 6) is 1.94. The second-order valence-corrected chi connectivity index (χ2v) is 16.3. The number of hydrogen-bond acceptors (Lipinski definition) is 1. The topological polar surface area (TPSA) is 14.2 Å². The average Bonchev–Trinajstić information content (AvgIpc) is 3.32. The van der Waals surface area contributed by atoms with Crippen LogP contribution >= 0.6 is 0 Å². The quantitative estimate of drug-likeness (QED) is 0.175. The van der Waals surface area contributed by atoms with E-state index in [4.69, 9.17) is 4.74 Å². The smallest absolute Gasteiger partial charge is 0.256 e. The predicted molar refractivity (Wildman–Crippen MR) is 193 cm³/mol. The standard InChI is InChI=1S/C42H42BNO/c1-40(2,3)27-16-18-34-30(20-27)31-21-28(41(4,5)6)22-33-39(31)44(34)35-23-29(42(7,8)9)24-37-38(35)43(33)32-17-15-26(19-36(32)45-37)25-13-11-10-12-14-25/h10-24H,1-9H3. The Morgan fingerprint density at radius 2 is 1.20 bits per heavy atom. The maximum absolute atomic E-state index is 6.97. The van der Waals surface area contributed by atoms with E-state index in [1.165, 1.54) is 71.7 Å². The molecule has 0 aliphatic carbocycles. The van der Waals surface area contributed by atoms with Crippen LogP contribution in [0.3, 0.4) is 0 Å². The largest absolute Gasteiger partial charge is 0.458 e. The van der Waals surface area contributed by atoms with Crippen molar-refractivity contribution in [2.24, 2.45) is 0 Å². The monoisotopic (exact) mass is 587 g/mol. The molecule has 0 saturated heterocycles. The van der Waals surface area contributed by atoms with Crippen molar-refractivity contribution in [3.8, 4) is 28.3 Å². The molecule has 5 aromatic carbocycles. The highest BCUT2D eigenvalue weighted by atomic mass is 16.5. The number of ether oxygens (including phenoxy) is 1. The lowest BCUT2D eigenvalue weighted by molar-refractivity contribution is 0.483. The fraction of sp³-hybridized carbons (Fsp3) is 0.286. The third-order valence-corrected chi connectivity index (χ3v) is 10.1. The van der Waals surface area contributed by atoms with E-state index >= 15 is 0 Å². The first-order valence-corrected chi connectivity index (χ1v) is 16.4. The Bertz CT molecular complexity index is 2180. The van der Waals surface area contributed by atoms with Crippen molar-refractivity contribution >= 4 is 44.9 Å². The molecule has 0 fully saturated rings. The average molecular weight is 588 g/mol. The van der Waals surface area contributed by atoms with Gasteiger partial charge < -0.3 is 9.30 Å². The molecule has 0 unspecified atom stereocenters. The summed E-state index contributed by atoms with van der Waals surface area (Å²) >= 11 is 0. The number of hydrogen-bond donors (Lipinski definition) is 0. The van der Waals surface area contributed by atoms with Gasteiger partial charge in [0.1, 0.15) is 11.5 Å². The Morgan fingerprint density at radius 3 is 1.89 bits per heavy atom. The van der Waals surface area contributed by atoms with E-state index < -0.39 is 0 Å². The molecule has 3 heterocycles. The maximum Gasteiger partial charge on any atom is 0.256 e. The van der Waals surface area contributed by atoms with Crippen LogP contribution in [0.15, 0.2) is 91.0 Å². The molecule has 0 N–H and O–H groups in total. The first-order chi connectivity index (χ1) is 21.2. The summed E-state index contributed by atoms with van der Waals surface area (Å²) in [5.41, 5.74) is 14.2. The van der Waals surface area contributed by atoms with Gasteiger partial charge in [0.05, 0.1) is 5.52 Å². The molecular formula is C42H42BNO. The molecule has 2 aliphatic heterocycles. The lowest BCUT2D eigenvalue weighted by atomic mass is 9.34. The Morgan fingerprint density at radius 1 is 0.533 bits per heavy atom. The van der Waals surface area contributed by atoms with Gasteiger partial charge >= 0.3 is 0 Å². The van der Waals surface area contributed by atoms with Crippen LogP contribution in [0.1, 0.15) is 79.0 Å². The van der Waals surface area contributed by atoms with E-state index in [0.29, 0.717) is 0 Å². The summed E-state index contributed by atoms with van der Waals surface area (Å²) in [4.78, 5) is 0. The van der Waals surface area contributed by atoms with Gasteiger partial charge in [-0.2, -0.15) is 0 Å². The van der Waals surface area contributed by atoms with Crippen molar-refractivity contribution in [2.45, 2.75) is 78.6 Å². The number of aromatic nitrogens is 1. The van der Waals surface area contributed by atoms with Crippen molar-refractivity contribution in [1.29, 1.82) is 0 Å². The molecule has 3 heteroatoms. The van der Waals surface area contributed by atoms with Crippen molar-refractivity contribution in [3.63, 3.8) is 0 Å². The van der Waals surface area contributed by atoms with Crippen LogP contribution in [0.25, 0.3) is 38.6 Å². The molecule has 2 aliphatic rings. The molecule has 0 spiro atoms. The molecule has 224 valence electrons. The number of fused-ring (bicyclic) bond motifs is 7. The first-order valence-electron chi connectivity index (χ1n) is 16.4. The van der Waals surface area contributed by atoms with Gasteiger partial charge in [-0.15, -0.1) is 0 Å². The van der Waals surface area contributed by atoms with E-state index in [9.17, 15) is 0 Å². The third kappa shape index (κ3) is 4.23. The Balaban J connectivity index is 1.52. The van der Waals surface area contributed by atoms with Crippen LogP contribution in [0.5, 0.6) is 11.5 Å². The zero-order valence-corrected chi connectivity index (χ0v) is 28.1. The van der Waals surface area contributed by atoms with E-state index in [1.54, 1.807) is 0 Å². The minimum Gasteiger partial charge on any atom is -0.458 e. The molecule has 0 saturated carbocycles. The van der Waals surface area contributed by atoms with E-state index in [1.807, 2.05) is 0 Å². The molecule has 6 aromatic rings. The first kappa shape index (κ1) is 28.3. The summed E-state index contributed by atoms with van der Waals surface area (Å²) in [6.07, 6.45) is 0. The zero-order valence-electron chi connectivity index (χ0n) is 28.1. The van der Waals surface area contributed by atoms with Crippen LogP contribution < -0.4 is 21.1 Å². The highest BCUT2D eigenvalue weighted by Crippen LogP contribution is 2.42. The molecule has 2 nitrogen and oxygen atoms in total. The van der Waals surface area contributed by atoms with Gasteiger partial charge in [0.2, 0.25) is 0 Å². The van der Waals surface area contributed by atoms with Gasteiger partial charge in [-0.3, -0.25) is 0 Å². The van der Waals surface area contributed by atoms with Crippen LogP contribution in [-0.4, -0.2) is 11.3 Å². The lowest BCUT2D eigenvalue weighted by Crippen LogP contribution is -2.58. The summed E-state index contributed by atoms with van der Waals surface area (Å²) in [6.45, 7) is 20.9. The van der Waals surface area contributed by atoms with Crippen molar-refractivity contribution in [3.05, 3.63) is 108 Å². The van der Waals surface area contributed by atoms with Gasteiger partial charge in [0.25, 0.3) is 6.71 Å². The van der Waals surface area contributed by atoms with Crippen molar-refractivity contribution in [2.75, 3.05) is 0 Å². The van der Waals surface area contributed by atoms with Gasteiger partial charge in [-0.1, -0.05) is 117 Å². The molecule has 8 rings (SSSR count). The number of rotatable bonds is 1. The van der Waals surface area contributed by atoms with Crippen LogP contribution in [0, 0.1) is 0 Å². The minimum absolute atomic E-state index is 0.00507. The van der Waals surface area contributed by atoms with Crippen LogP contribution in [0.4, 0.5) is 0 Å². The zero-order chi connectivity index (χ0) is 31.6. The Kier molecular flexibility index (Phi) is 5.75. The van der Waals surface area contributed by atoms with Crippen molar-refractivity contribution < 1.29 is 4.74 Å². The maximum atomic E-state index is 6.97. The molecule has 45 heavy (non-hydrogen) atoms. The second-order valence-electron chi connectivity index (χ2n) is 16.3. The normalized spacial score (nSPS) is 14.0. The summed E-state index contributed by atoms with van der Waals surface area (Å²) in [6, 6.07) is 34.3. The van der Waals surface area contributed by atoms with E-state index in [-0.39, 0.29) is 23.0 Å². The van der Waals surface area contributed by atoms with E-state index in [0.717, 1.165) is 11.5 Å². The van der Waals surface area contributed by atoms with Crippen molar-refractivity contribution in [1.82, 2.24) is 4.57 Å². The molecule has 0 bridgehead atoms. The molecular weight excluding hydrogens is 545 g/mol. The SMILES string of the molecule is CC(C)(C)c1cc2c3c(c1)-n1c4ccc(C(C)(C)C)cc4c4cc(C(C)(C)C)cc(c41)B3c1ccc(-c3ccccc3)cc1O2. The number of benzene rings is 5. The van der Waals surface area contributed by atoms with E-state index in [2.05, 4.69) is 158 Å². The summed E-state index contributed by atoms with van der Waals surface area (Å²) in [7, 11) is 0. The molecule has 0 atom stereocenters. The summed E-state index contributed by atoms with van der Waals surface area (Å²) in [5, 5.41) is 2.68. The summed E-state index contributed by atoms with van der Waals surface area (Å²) < 4.78 is 9.52. The Hall–Kier alpha value is -4.24. The predicted octanol–water partition coefficient (Wildman–Crippen LogP) is 9.28. The highest BCUT2D eigenvalue weighted by molar-refractivity contribution is 6.99. The highest BCUT2D eigenvalue weighted by Gasteiger charge is 2.42. The van der Waals surface area contributed by atoms with Gasteiger partial charge in [0.15, 0.2) is 0 Å². The molecule has 1 aromatic heterocycles. The van der Waals surface area contributed by atoms with Gasteiger partial charge in [-0.05, 0) is 96.8 Å². The van der Waals surface area contributed by atoms with Crippen LogP contribution in [0.2, 0.25) is 0 Å². The minimum atomic E-state index is -0.0333. The fourth-order valence-electron chi connectivity index (χ4n) is 7.42. The molecule has 0 amide bonds.